The van der Waals surface area contributed by atoms with Crippen LogP contribution < -0.4 is 0 Å². The molecule has 4 heteroatoms. The van der Waals surface area contributed by atoms with Crippen molar-refractivity contribution in [1.29, 1.82) is 0 Å². The molecule has 0 atom stereocenters. The lowest BCUT2D eigenvalue weighted by Crippen LogP contribution is -1.84. The van der Waals surface area contributed by atoms with Gasteiger partial charge in [0.2, 0.25) is 0 Å². The zero-order chi connectivity index (χ0) is 16.6. The van der Waals surface area contributed by atoms with Crippen molar-refractivity contribution in [3.8, 4) is 0 Å². The summed E-state index contributed by atoms with van der Waals surface area (Å²) in [7, 11) is 0. The molecular formula is C19H22N4. The summed E-state index contributed by atoms with van der Waals surface area (Å²) in [6.07, 6.45) is 8.09. The lowest BCUT2D eigenvalue weighted by atomic mass is 10.2. The van der Waals surface area contributed by atoms with E-state index in [0.29, 0.717) is 12.2 Å². The third kappa shape index (κ3) is 9.70. The Morgan fingerprint density at radius 2 is 1.65 bits per heavy atom. The fourth-order valence-electron chi connectivity index (χ4n) is 1.62. The van der Waals surface area contributed by atoms with Crippen LogP contribution in [0, 0.1) is 0 Å². The van der Waals surface area contributed by atoms with Crippen molar-refractivity contribution in [3.63, 3.8) is 0 Å². The van der Waals surface area contributed by atoms with Crippen molar-refractivity contribution in [2.45, 2.75) is 19.3 Å². The number of unbranched alkanes of at least 4 members (excludes halogenated alkanes) is 2. The van der Waals surface area contributed by atoms with E-state index in [1.807, 2.05) is 30.3 Å². The highest BCUT2D eigenvalue weighted by Gasteiger charge is 1.87. The quantitative estimate of drug-likeness (QED) is 0.328. The molecular weight excluding hydrogens is 284 g/mol. The molecule has 0 heterocycles. The van der Waals surface area contributed by atoms with E-state index in [9.17, 15) is 0 Å². The first-order valence-electron chi connectivity index (χ1n) is 7.61. The molecule has 1 aromatic rings. The fourth-order valence-corrected chi connectivity index (χ4v) is 1.62. The normalized spacial score (nSPS) is 10.0. The maximum atomic E-state index is 4.15. The van der Waals surface area contributed by atoms with Gasteiger partial charge in [0.1, 0.15) is 0 Å². The van der Waals surface area contributed by atoms with E-state index in [4.69, 9.17) is 0 Å². The van der Waals surface area contributed by atoms with Gasteiger partial charge >= 0.3 is 0 Å². The van der Waals surface area contributed by atoms with Crippen LogP contribution in [0.1, 0.15) is 19.3 Å². The molecule has 0 radical (unpaired) electrons. The number of nitrogens with zero attached hydrogens (tertiary/aromatic N) is 4. The highest BCUT2D eigenvalue weighted by atomic mass is 14.8. The predicted octanol–water partition coefficient (Wildman–Crippen LogP) is 5.09. The fraction of sp³-hybridized carbons (Fsp3) is 0.263. The molecule has 0 fully saturated rings. The van der Waals surface area contributed by atoms with Gasteiger partial charge in [-0.3, -0.25) is 0 Å². The minimum Gasteiger partial charge on any atom is -0.225 e. The van der Waals surface area contributed by atoms with Crippen LogP contribution in [0.4, 0.5) is 5.69 Å². The minimum atomic E-state index is 0.704. The molecule has 23 heavy (non-hydrogen) atoms. The highest BCUT2D eigenvalue weighted by Crippen LogP contribution is 2.07. The number of benzene rings is 1. The molecule has 0 N–H and O–H groups in total. The van der Waals surface area contributed by atoms with Crippen molar-refractivity contribution in [2.75, 3.05) is 13.1 Å². The van der Waals surface area contributed by atoms with Gasteiger partial charge in [0.15, 0.2) is 0 Å². The number of hydrogen-bond acceptors (Lipinski definition) is 4. The second-order valence-electron chi connectivity index (χ2n) is 4.61. The predicted molar refractivity (Wildman–Crippen MR) is 97.9 cm³/mol. The summed E-state index contributed by atoms with van der Waals surface area (Å²) >= 11 is 0. The summed E-state index contributed by atoms with van der Waals surface area (Å²) < 4.78 is 0. The van der Waals surface area contributed by atoms with Gasteiger partial charge in [0.25, 0.3) is 0 Å². The SMILES string of the molecule is C=C/C=C(\C=C)N=C=NCCCCCN=C=Nc1ccccc1. The van der Waals surface area contributed by atoms with Gasteiger partial charge in [0.05, 0.1) is 23.4 Å². The molecule has 4 nitrogen and oxygen atoms in total. The van der Waals surface area contributed by atoms with Gasteiger partial charge in [-0.15, -0.1) is 0 Å². The minimum absolute atomic E-state index is 0.704. The van der Waals surface area contributed by atoms with Crippen LogP contribution in [0.3, 0.4) is 0 Å². The Morgan fingerprint density at radius 1 is 0.957 bits per heavy atom. The standard InChI is InChI=1S/C19H22N4/c1-3-11-18(4-2)22-16-20-14-9-6-10-15-21-17-23-19-12-7-5-8-13-19/h3-5,7-8,11-13H,1-2,6,9-10,14-15H2/b18-11+. The maximum Gasteiger partial charge on any atom is 0.0948 e. The Labute approximate surface area is 138 Å². The Bertz CT molecular complexity index is 629. The van der Waals surface area contributed by atoms with Crippen LogP contribution in [0.2, 0.25) is 0 Å². The molecule has 0 amide bonds. The number of aliphatic imine (C=N–C) groups is 4. The third-order valence-corrected chi connectivity index (χ3v) is 2.79. The van der Waals surface area contributed by atoms with Gasteiger partial charge in [-0.2, -0.15) is 9.98 Å². The van der Waals surface area contributed by atoms with E-state index in [1.165, 1.54) is 0 Å². The van der Waals surface area contributed by atoms with E-state index in [1.54, 1.807) is 18.2 Å². The Morgan fingerprint density at radius 3 is 2.30 bits per heavy atom. The van der Waals surface area contributed by atoms with Crippen LogP contribution in [-0.4, -0.2) is 25.1 Å². The second-order valence-corrected chi connectivity index (χ2v) is 4.61. The molecule has 0 spiro atoms. The molecule has 0 saturated carbocycles. The summed E-state index contributed by atoms with van der Waals surface area (Å²) in [4.78, 5) is 16.4. The third-order valence-electron chi connectivity index (χ3n) is 2.79. The van der Waals surface area contributed by atoms with E-state index in [-0.39, 0.29) is 0 Å². The molecule has 0 bridgehead atoms. The molecule has 0 saturated heterocycles. The van der Waals surface area contributed by atoms with Crippen LogP contribution in [0.25, 0.3) is 0 Å². The Hall–Kier alpha value is -2.80. The van der Waals surface area contributed by atoms with Crippen molar-refractivity contribution >= 4 is 17.7 Å². The molecule has 1 rings (SSSR count). The first-order chi connectivity index (χ1) is 11.4. The summed E-state index contributed by atoms with van der Waals surface area (Å²) in [5.41, 5.74) is 1.57. The Balaban J connectivity index is 2.15. The van der Waals surface area contributed by atoms with Crippen molar-refractivity contribution in [2.24, 2.45) is 20.0 Å². The molecule has 0 unspecified atom stereocenters. The zero-order valence-corrected chi connectivity index (χ0v) is 13.4. The van der Waals surface area contributed by atoms with Gasteiger partial charge in [-0.1, -0.05) is 37.4 Å². The van der Waals surface area contributed by atoms with Gasteiger partial charge in [0, 0.05) is 13.1 Å². The molecule has 0 aliphatic heterocycles. The highest BCUT2D eigenvalue weighted by molar-refractivity contribution is 5.51. The molecule has 118 valence electrons. The number of para-hydroxylation sites is 1. The molecule has 1 aromatic carbocycles. The topological polar surface area (TPSA) is 49.4 Å². The van der Waals surface area contributed by atoms with Crippen molar-refractivity contribution in [1.82, 2.24) is 0 Å². The van der Waals surface area contributed by atoms with Crippen molar-refractivity contribution in [3.05, 3.63) is 67.4 Å². The van der Waals surface area contributed by atoms with Crippen LogP contribution in [0.5, 0.6) is 0 Å². The molecule has 0 aliphatic rings. The lowest BCUT2D eigenvalue weighted by Gasteiger charge is -1.92. The first kappa shape index (κ1) is 18.2. The largest absolute Gasteiger partial charge is 0.225 e. The monoisotopic (exact) mass is 306 g/mol. The van der Waals surface area contributed by atoms with Gasteiger partial charge in [-0.05, 0) is 43.5 Å². The summed E-state index contributed by atoms with van der Waals surface area (Å²) in [5.74, 6) is 0. The lowest BCUT2D eigenvalue weighted by molar-refractivity contribution is 0.698. The van der Waals surface area contributed by atoms with E-state index < -0.39 is 0 Å². The molecule has 0 aliphatic carbocycles. The summed E-state index contributed by atoms with van der Waals surface area (Å²) in [6, 6.07) is 15.1. The number of allylic oxidation sites excluding steroid dienone is 3. The summed E-state index contributed by atoms with van der Waals surface area (Å²) in [6.45, 7) is 8.69. The van der Waals surface area contributed by atoms with Gasteiger partial charge in [-0.25, -0.2) is 9.98 Å². The van der Waals surface area contributed by atoms with Crippen LogP contribution in [0.15, 0.2) is 87.4 Å². The van der Waals surface area contributed by atoms with Crippen LogP contribution in [-0.2, 0) is 0 Å². The number of hydrogen-bond donors (Lipinski definition) is 0. The zero-order valence-electron chi connectivity index (χ0n) is 13.4. The summed E-state index contributed by atoms with van der Waals surface area (Å²) in [5, 5.41) is 0. The first-order valence-corrected chi connectivity index (χ1v) is 7.61. The van der Waals surface area contributed by atoms with E-state index in [2.05, 4.69) is 45.1 Å². The number of rotatable bonds is 10. The van der Waals surface area contributed by atoms with E-state index in [0.717, 1.165) is 31.5 Å². The average Bonchev–Trinajstić information content (AvgIpc) is 2.59. The Kier molecular flexibility index (Phi) is 10.2. The van der Waals surface area contributed by atoms with Crippen LogP contribution >= 0.6 is 0 Å². The van der Waals surface area contributed by atoms with Gasteiger partial charge < -0.3 is 0 Å². The average molecular weight is 306 g/mol. The maximum absolute atomic E-state index is 4.15. The second kappa shape index (κ2) is 12.9. The smallest absolute Gasteiger partial charge is 0.0948 e. The molecule has 0 aromatic heterocycles. The van der Waals surface area contributed by atoms with E-state index >= 15 is 0 Å². The van der Waals surface area contributed by atoms with Crippen molar-refractivity contribution < 1.29 is 0 Å².